The van der Waals surface area contributed by atoms with Crippen molar-refractivity contribution in [3.63, 3.8) is 0 Å². The van der Waals surface area contributed by atoms with Crippen molar-refractivity contribution >= 4 is 34.1 Å². The average molecular weight is 152 g/mol. The van der Waals surface area contributed by atoms with Crippen molar-refractivity contribution in [1.29, 1.82) is 0 Å². The van der Waals surface area contributed by atoms with Crippen LogP contribution in [0, 0.1) is 0 Å². The van der Waals surface area contributed by atoms with Crippen LogP contribution >= 0.6 is 22.1 Å². The summed E-state index contributed by atoms with van der Waals surface area (Å²) in [4.78, 5) is 20.1. The lowest BCUT2D eigenvalue weighted by Gasteiger charge is -2.03. The standard InChI is InChI=1S/C2O4S2/c3-1-2(4)6-8-7-5-1. The van der Waals surface area contributed by atoms with Crippen LogP contribution in [0.1, 0.15) is 0 Å². The molecule has 6 heteroatoms. The highest BCUT2D eigenvalue weighted by atomic mass is 33.1. The molecule has 0 N–H and O–H groups in total. The summed E-state index contributed by atoms with van der Waals surface area (Å²) in [6, 6.07) is 0. The predicted octanol–water partition coefficient (Wildman–Crippen LogP) is 0.298. The van der Waals surface area contributed by atoms with E-state index in [0.29, 0.717) is 0 Å². The van der Waals surface area contributed by atoms with Gasteiger partial charge in [0, 0.05) is 0 Å². The summed E-state index contributed by atoms with van der Waals surface area (Å²) in [5, 5.41) is 0. The van der Waals surface area contributed by atoms with Crippen molar-refractivity contribution in [2.24, 2.45) is 0 Å². The van der Waals surface area contributed by atoms with Gasteiger partial charge >= 0.3 is 11.9 Å². The van der Waals surface area contributed by atoms with Gasteiger partial charge < -0.3 is 8.37 Å². The summed E-state index contributed by atoms with van der Waals surface area (Å²) in [5.41, 5.74) is 0. The van der Waals surface area contributed by atoms with Gasteiger partial charge in [-0.1, -0.05) is 0 Å². The van der Waals surface area contributed by atoms with Crippen molar-refractivity contribution in [1.82, 2.24) is 0 Å². The molecule has 44 valence electrons. The summed E-state index contributed by atoms with van der Waals surface area (Å²) in [5.74, 6) is -1.90. The molecule has 0 radical (unpaired) electrons. The number of hydrogen-bond acceptors (Lipinski definition) is 6. The van der Waals surface area contributed by atoms with E-state index in [-0.39, 0.29) is 0 Å². The highest BCUT2D eigenvalue weighted by Crippen LogP contribution is 2.28. The second-order valence-corrected chi connectivity index (χ2v) is 2.30. The van der Waals surface area contributed by atoms with Crippen LogP contribution in [-0.2, 0) is 18.0 Å². The zero-order valence-corrected chi connectivity index (χ0v) is 5.08. The topological polar surface area (TPSA) is 52.6 Å². The number of rotatable bonds is 0. The van der Waals surface area contributed by atoms with Crippen molar-refractivity contribution in [2.45, 2.75) is 0 Å². The fraction of sp³-hybridized carbons (Fsp3) is 0. The quantitative estimate of drug-likeness (QED) is 0.282. The maximum Gasteiger partial charge on any atom is 0.431 e. The van der Waals surface area contributed by atoms with Crippen LogP contribution in [0.4, 0.5) is 0 Å². The van der Waals surface area contributed by atoms with Crippen molar-refractivity contribution in [3.8, 4) is 0 Å². The molecule has 0 aromatic heterocycles. The first-order valence-corrected chi connectivity index (χ1v) is 3.57. The van der Waals surface area contributed by atoms with Crippen LogP contribution in [0.3, 0.4) is 0 Å². The Morgan fingerprint density at radius 1 is 1.00 bits per heavy atom. The Labute approximate surface area is 52.7 Å². The lowest BCUT2D eigenvalue weighted by Crippen LogP contribution is -2.17. The number of hydrogen-bond donors (Lipinski definition) is 0. The summed E-state index contributed by atoms with van der Waals surface area (Å²) in [7, 11) is 0. The SMILES string of the molecule is O=C1OSSOC1=O. The van der Waals surface area contributed by atoms with Gasteiger partial charge in [-0.3, -0.25) is 0 Å². The van der Waals surface area contributed by atoms with E-state index in [0.717, 1.165) is 22.1 Å². The summed E-state index contributed by atoms with van der Waals surface area (Å²) in [6.07, 6.45) is 0. The Bertz CT molecular complexity index is 116. The Kier molecular flexibility index (Phi) is 1.64. The Balaban J connectivity index is 2.52. The van der Waals surface area contributed by atoms with Gasteiger partial charge in [0.2, 0.25) is 0 Å². The minimum Gasteiger partial charge on any atom is -0.368 e. The average Bonchev–Trinajstić information content (AvgIpc) is 1.77. The van der Waals surface area contributed by atoms with E-state index in [1.165, 1.54) is 0 Å². The molecule has 1 saturated heterocycles. The summed E-state index contributed by atoms with van der Waals surface area (Å²) < 4.78 is 8.31. The molecule has 0 aromatic carbocycles. The van der Waals surface area contributed by atoms with E-state index >= 15 is 0 Å². The highest BCUT2D eigenvalue weighted by Gasteiger charge is 2.24. The Morgan fingerprint density at radius 2 is 1.38 bits per heavy atom. The maximum absolute atomic E-state index is 10.1. The van der Waals surface area contributed by atoms with E-state index in [2.05, 4.69) is 8.37 Å². The molecular weight excluding hydrogens is 152 g/mol. The molecule has 0 bridgehead atoms. The van der Waals surface area contributed by atoms with Crippen LogP contribution in [0.2, 0.25) is 0 Å². The minimum absolute atomic E-state index is 0.731. The van der Waals surface area contributed by atoms with E-state index in [1.54, 1.807) is 0 Å². The van der Waals surface area contributed by atoms with E-state index in [9.17, 15) is 9.59 Å². The van der Waals surface area contributed by atoms with Crippen LogP contribution < -0.4 is 0 Å². The molecule has 1 fully saturated rings. The molecule has 1 rings (SSSR count). The smallest absolute Gasteiger partial charge is 0.368 e. The Morgan fingerprint density at radius 3 is 1.62 bits per heavy atom. The molecule has 0 aliphatic carbocycles. The lowest BCUT2D eigenvalue weighted by molar-refractivity contribution is -0.155. The monoisotopic (exact) mass is 152 g/mol. The molecule has 8 heavy (non-hydrogen) atoms. The van der Waals surface area contributed by atoms with E-state index in [4.69, 9.17) is 0 Å². The molecule has 0 unspecified atom stereocenters. The molecule has 1 heterocycles. The molecule has 1 aliphatic heterocycles. The third-order valence-corrected chi connectivity index (χ3v) is 1.48. The van der Waals surface area contributed by atoms with Crippen molar-refractivity contribution in [2.75, 3.05) is 0 Å². The molecule has 4 nitrogen and oxygen atoms in total. The van der Waals surface area contributed by atoms with Gasteiger partial charge in [0.15, 0.2) is 22.1 Å². The van der Waals surface area contributed by atoms with Gasteiger partial charge in [-0.15, -0.1) is 0 Å². The van der Waals surface area contributed by atoms with Gasteiger partial charge in [-0.05, 0) is 0 Å². The second-order valence-electron chi connectivity index (χ2n) is 0.878. The second kappa shape index (κ2) is 2.27. The molecule has 0 saturated carbocycles. The molecule has 0 spiro atoms. The number of carbonyl (C=O) groups is 2. The van der Waals surface area contributed by atoms with Crippen molar-refractivity contribution < 1.29 is 18.0 Å². The summed E-state index contributed by atoms with van der Waals surface area (Å²) in [6.45, 7) is 0. The number of carbonyl (C=O) groups excluding carboxylic acids is 2. The van der Waals surface area contributed by atoms with Gasteiger partial charge in [0.1, 0.15) is 0 Å². The fourth-order valence-corrected chi connectivity index (χ4v) is 1.01. The van der Waals surface area contributed by atoms with Gasteiger partial charge in [0.25, 0.3) is 0 Å². The molecule has 1 aliphatic rings. The highest BCUT2D eigenvalue weighted by molar-refractivity contribution is 8.73. The van der Waals surface area contributed by atoms with Gasteiger partial charge in [0.05, 0.1) is 0 Å². The van der Waals surface area contributed by atoms with Crippen LogP contribution in [0.15, 0.2) is 0 Å². The normalized spacial score (nSPS) is 19.5. The zero-order chi connectivity index (χ0) is 5.98. The molecule has 0 aromatic rings. The molecule has 0 amide bonds. The lowest BCUT2D eigenvalue weighted by atomic mass is 10.7. The van der Waals surface area contributed by atoms with E-state index < -0.39 is 11.9 Å². The Hall–Kier alpha value is -0.360. The summed E-state index contributed by atoms with van der Waals surface area (Å²) >= 11 is 1.46. The third kappa shape index (κ3) is 1.07. The maximum atomic E-state index is 10.1. The first-order valence-electron chi connectivity index (χ1n) is 1.57. The fourth-order valence-electron chi connectivity index (χ4n) is 0.158. The van der Waals surface area contributed by atoms with Crippen LogP contribution in [0.5, 0.6) is 0 Å². The van der Waals surface area contributed by atoms with Crippen LogP contribution in [0.25, 0.3) is 0 Å². The van der Waals surface area contributed by atoms with Crippen molar-refractivity contribution in [3.05, 3.63) is 0 Å². The minimum atomic E-state index is -0.950. The largest absolute Gasteiger partial charge is 0.431 e. The molecular formula is C2O4S2. The zero-order valence-electron chi connectivity index (χ0n) is 3.45. The molecule has 0 atom stereocenters. The third-order valence-electron chi connectivity index (χ3n) is 0.414. The van der Waals surface area contributed by atoms with E-state index in [1.807, 2.05) is 0 Å². The first kappa shape index (κ1) is 5.77. The van der Waals surface area contributed by atoms with Gasteiger partial charge in [-0.25, -0.2) is 9.59 Å². The predicted molar refractivity (Wildman–Crippen MR) is 27.4 cm³/mol. The van der Waals surface area contributed by atoms with Gasteiger partial charge in [-0.2, -0.15) is 0 Å². The van der Waals surface area contributed by atoms with Crippen LogP contribution in [-0.4, -0.2) is 11.9 Å². The first-order chi connectivity index (χ1) is 3.80.